The lowest BCUT2D eigenvalue weighted by molar-refractivity contribution is -0.138. The number of amides is 2. The molecule has 0 aliphatic carbocycles. The van der Waals surface area contributed by atoms with Crippen molar-refractivity contribution in [2.24, 2.45) is 5.73 Å². The summed E-state index contributed by atoms with van der Waals surface area (Å²) in [5.41, 5.74) is 7.34. The van der Waals surface area contributed by atoms with Gasteiger partial charge in [0, 0.05) is 49.1 Å². The predicted octanol–water partition coefficient (Wildman–Crippen LogP) is 5.30. The van der Waals surface area contributed by atoms with Crippen molar-refractivity contribution < 1.29 is 26.7 Å². The maximum atomic E-state index is 15.5. The molecule has 3 N–H and O–H groups in total. The number of hydrogen-bond donors (Lipinski definition) is 2. The van der Waals surface area contributed by atoms with E-state index < -0.39 is 35.1 Å². The van der Waals surface area contributed by atoms with Crippen molar-refractivity contribution in [3.05, 3.63) is 82.3 Å². The Kier molecular flexibility index (Phi) is 6.44. The fourth-order valence-electron chi connectivity index (χ4n) is 4.71. The second-order valence-corrected chi connectivity index (χ2v) is 9.17. The van der Waals surface area contributed by atoms with Crippen molar-refractivity contribution in [2.45, 2.75) is 33.0 Å². The third-order valence-corrected chi connectivity index (χ3v) is 6.50. The lowest BCUT2D eigenvalue weighted by atomic mass is 9.99. The second-order valence-electron chi connectivity index (χ2n) is 9.17. The molecule has 1 aliphatic heterocycles. The van der Waals surface area contributed by atoms with Crippen molar-refractivity contribution in [3.63, 3.8) is 0 Å². The van der Waals surface area contributed by atoms with Gasteiger partial charge in [0.1, 0.15) is 11.6 Å². The number of benzene rings is 2. The van der Waals surface area contributed by atoms with Crippen LogP contribution in [0.25, 0.3) is 16.9 Å². The molecule has 0 spiro atoms. The number of para-hydroxylation sites is 1. The van der Waals surface area contributed by atoms with Crippen molar-refractivity contribution in [2.75, 3.05) is 16.8 Å². The Hall–Kier alpha value is -4.55. The highest BCUT2D eigenvalue weighted by Crippen LogP contribution is 2.38. The Balaban J connectivity index is 1.66. The molecule has 3 heterocycles. The van der Waals surface area contributed by atoms with Gasteiger partial charge < -0.3 is 16.0 Å². The molecule has 202 valence electrons. The Labute approximate surface area is 219 Å². The first-order valence-corrected chi connectivity index (χ1v) is 11.8. The van der Waals surface area contributed by atoms with Gasteiger partial charge in [0.25, 0.3) is 0 Å². The average molecular weight is 544 g/mol. The summed E-state index contributed by atoms with van der Waals surface area (Å²) in [7, 11) is 0. The molecule has 0 radical (unpaired) electrons. The molecule has 2 aromatic carbocycles. The monoisotopic (exact) mass is 543 g/mol. The van der Waals surface area contributed by atoms with Crippen LogP contribution in [0.3, 0.4) is 0 Å². The van der Waals surface area contributed by atoms with Crippen molar-refractivity contribution in [1.82, 2.24) is 19.7 Å². The van der Waals surface area contributed by atoms with Crippen LogP contribution in [-0.4, -0.2) is 32.3 Å². The highest BCUT2D eigenvalue weighted by atomic mass is 19.4. The summed E-state index contributed by atoms with van der Waals surface area (Å²) >= 11 is 0. The fraction of sp³-hybridized carbons (Fsp3) is 0.231. The zero-order valence-corrected chi connectivity index (χ0v) is 20.8. The first-order chi connectivity index (χ1) is 18.4. The number of rotatable bonds is 4. The minimum Gasteiger partial charge on any atom is -0.351 e. The molecule has 0 fully saturated rings. The molecular weight excluding hydrogens is 521 g/mol. The van der Waals surface area contributed by atoms with Crippen LogP contribution in [0.15, 0.2) is 42.7 Å². The second kappa shape index (κ2) is 9.64. The summed E-state index contributed by atoms with van der Waals surface area (Å²) in [6.07, 6.45) is -2.81. The Morgan fingerprint density at radius 2 is 1.72 bits per heavy atom. The fourth-order valence-corrected chi connectivity index (χ4v) is 4.71. The zero-order valence-electron chi connectivity index (χ0n) is 20.8. The number of nitrogens with zero attached hydrogens (tertiary/aromatic N) is 5. The number of carbonyl (C=O) groups is 1. The van der Waals surface area contributed by atoms with Gasteiger partial charge in [-0.3, -0.25) is 0 Å². The molecular formula is C26H22F5N7O. The normalized spacial score (nSPS) is 13.4. The lowest BCUT2D eigenvalue weighted by Crippen LogP contribution is -2.31. The van der Waals surface area contributed by atoms with Gasteiger partial charge in [0.15, 0.2) is 0 Å². The molecule has 0 saturated carbocycles. The highest BCUT2D eigenvalue weighted by molar-refractivity contribution is 5.88. The minimum atomic E-state index is -4.58. The van der Waals surface area contributed by atoms with Gasteiger partial charge in [-0.2, -0.15) is 18.3 Å². The van der Waals surface area contributed by atoms with Crippen LogP contribution in [0, 0.1) is 25.5 Å². The average Bonchev–Trinajstić information content (AvgIpc) is 3.23. The SMILES string of the molecule is Cc1cccc(C)c1-n1nc2c(c1-c1cc(F)c(NC(N)=O)cc1F)CN(c1ncc(C(F)(F)F)cn1)CC2. The number of carbonyl (C=O) groups excluding carboxylic acids is 1. The molecule has 0 saturated heterocycles. The van der Waals surface area contributed by atoms with Crippen LogP contribution in [0.2, 0.25) is 0 Å². The topological polar surface area (TPSA) is 102 Å². The van der Waals surface area contributed by atoms with Crippen molar-refractivity contribution >= 4 is 17.7 Å². The third-order valence-electron chi connectivity index (χ3n) is 6.50. The number of urea groups is 1. The van der Waals surface area contributed by atoms with Gasteiger partial charge in [-0.05, 0) is 31.0 Å². The molecule has 5 rings (SSSR count). The van der Waals surface area contributed by atoms with E-state index in [-0.39, 0.29) is 23.8 Å². The first kappa shape index (κ1) is 26.1. The van der Waals surface area contributed by atoms with Gasteiger partial charge in [-0.15, -0.1) is 0 Å². The standard InChI is InChI=1S/C26H22F5N7O/c1-13-4-3-5-14(2)22(13)38-23(16-8-19(28)21(9-18(16)27)35-24(32)39)17-12-37(7-6-20(17)36-38)25-33-10-15(11-34-25)26(29,30)31/h3-5,8-11H,6-7,12H2,1-2H3,(H3,32,35,39). The maximum Gasteiger partial charge on any atom is 0.419 e. The van der Waals surface area contributed by atoms with E-state index in [0.29, 0.717) is 42.3 Å². The number of halogens is 5. The Bertz CT molecular complexity index is 1560. The van der Waals surface area contributed by atoms with E-state index in [1.54, 1.807) is 9.58 Å². The van der Waals surface area contributed by atoms with Gasteiger partial charge >= 0.3 is 12.2 Å². The molecule has 8 nitrogen and oxygen atoms in total. The van der Waals surface area contributed by atoms with Crippen LogP contribution < -0.4 is 16.0 Å². The largest absolute Gasteiger partial charge is 0.419 e. The van der Waals surface area contributed by atoms with Gasteiger partial charge in [-0.1, -0.05) is 18.2 Å². The molecule has 2 amide bonds. The summed E-state index contributed by atoms with van der Waals surface area (Å²) in [6.45, 7) is 4.17. The van der Waals surface area contributed by atoms with Crippen LogP contribution in [0.4, 0.5) is 38.4 Å². The van der Waals surface area contributed by atoms with Crippen LogP contribution in [-0.2, 0) is 19.1 Å². The molecule has 2 aromatic heterocycles. The van der Waals surface area contributed by atoms with Crippen LogP contribution in [0.5, 0.6) is 0 Å². The van der Waals surface area contributed by atoms with E-state index in [9.17, 15) is 22.4 Å². The van der Waals surface area contributed by atoms with E-state index in [0.717, 1.165) is 23.3 Å². The number of nitrogens with two attached hydrogens (primary N) is 1. The number of fused-ring (bicyclic) bond motifs is 1. The number of primary amides is 1. The zero-order chi connectivity index (χ0) is 28.1. The molecule has 0 bridgehead atoms. The van der Waals surface area contributed by atoms with E-state index >= 15 is 4.39 Å². The highest BCUT2D eigenvalue weighted by Gasteiger charge is 2.33. The summed E-state index contributed by atoms with van der Waals surface area (Å²) < 4.78 is 71.1. The minimum absolute atomic E-state index is 0.0621. The summed E-state index contributed by atoms with van der Waals surface area (Å²) in [5.74, 6) is -1.68. The number of aromatic nitrogens is 4. The number of nitrogens with one attached hydrogen (secondary N) is 1. The lowest BCUT2D eigenvalue weighted by Gasteiger charge is -2.27. The maximum absolute atomic E-state index is 15.5. The van der Waals surface area contributed by atoms with Crippen LogP contribution >= 0.6 is 0 Å². The first-order valence-electron chi connectivity index (χ1n) is 11.8. The Morgan fingerprint density at radius 3 is 2.33 bits per heavy atom. The molecule has 13 heteroatoms. The van der Waals surface area contributed by atoms with E-state index in [2.05, 4.69) is 15.3 Å². The smallest absolute Gasteiger partial charge is 0.351 e. The van der Waals surface area contributed by atoms with E-state index in [4.69, 9.17) is 10.8 Å². The number of aryl methyl sites for hydroxylation is 2. The molecule has 0 unspecified atom stereocenters. The summed E-state index contributed by atoms with van der Waals surface area (Å²) in [4.78, 5) is 20.7. The van der Waals surface area contributed by atoms with Gasteiger partial charge in [0.2, 0.25) is 5.95 Å². The van der Waals surface area contributed by atoms with E-state index in [1.165, 1.54) is 0 Å². The van der Waals surface area contributed by atoms with E-state index in [1.807, 2.05) is 32.0 Å². The molecule has 1 aliphatic rings. The Morgan fingerprint density at radius 1 is 1.05 bits per heavy atom. The van der Waals surface area contributed by atoms with Crippen molar-refractivity contribution in [1.29, 1.82) is 0 Å². The summed E-state index contributed by atoms with van der Waals surface area (Å²) in [6, 6.07) is 6.34. The molecule has 39 heavy (non-hydrogen) atoms. The van der Waals surface area contributed by atoms with Gasteiger partial charge in [-0.25, -0.2) is 28.2 Å². The van der Waals surface area contributed by atoms with Gasteiger partial charge in [0.05, 0.1) is 28.3 Å². The quantitative estimate of drug-likeness (QED) is 0.341. The predicted molar refractivity (Wildman–Crippen MR) is 133 cm³/mol. The molecule has 0 atom stereocenters. The van der Waals surface area contributed by atoms with Crippen LogP contribution in [0.1, 0.15) is 27.9 Å². The van der Waals surface area contributed by atoms with Crippen molar-refractivity contribution in [3.8, 4) is 16.9 Å². The number of anilines is 2. The number of alkyl halides is 3. The summed E-state index contributed by atoms with van der Waals surface area (Å²) in [5, 5.41) is 6.81. The molecule has 4 aromatic rings. The number of hydrogen-bond acceptors (Lipinski definition) is 5. The third kappa shape index (κ3) is 4.87.